The van der Waals surface area contributed by atoms with Crippen molar-refractivity contribution in [3.8, 4) is 6.07 Å². The number of aromatic nitrogens is 2. The zero-order chi connectivity index (χ0) is 27.4. The van der Waals surface area contributed by atoms with Crippen molar-refractivity contribution in [2.75, 3.05) is 18.9 Å². The Bertz CT molecular complexity index is 1510. The molecule has 0 bridgehead atoms. The highest BCUT2D eigenvalue weighted by Crippen LogP contribution is 2.45. The maximum absolute atomic E-state index is 14.2. The van der Waals surface area contributed by atoms with Gasteiger partial charge in [0.15, 0.2) is 0 Å². The van der Waals surface area contributed by atoms with Gasteiger partial charge in [-0.2, -0.15) is 5.26 Å². The summed E-state index contributed by atoms with van der Waals surface area (Å²) in [6, 6.07) is 6.89. The SMILES string of the molecule is CC(C)C[C@@H](C(=O)N1C[C@]2(C[C@H]1C#N)C(=O)Nc1ncccc12)N(C)C(=O)c1cc2c(F)cc(F)cc2[nH]1. The molecule has 0 unspecified atom stereocenters. The molecule has 1 aromatic carbocycles. The van der Waals surface area contributed by atoms with Gasteiger partial charge in [-0.3, -0.25) is 14.4 Å². The molecule has 3 atom stereocenters. The third-order valence-corrected chi connectivity index (χ3v) is 7.43. The average molecular weight is 521 g/mol. The molecule has 0 saturated carbocycles. The average Bonchev–Trinajstić information content (AvgIpc) is 3.56. The van der Waals surface area contributed by atoms with Crippen LogP contribution < -0.4 is 5.32 Å². The number of aromatic amines is 1. The van der Waals surface area contributed by atoms with Crippen LogP contribution >= 0.6 is 0 Å². The maximum atomic E-state index is 14.2. The highest BCUT2D eigenvalue weighted by Gasteiger charge is 2.57. The highest BCUT2D eigenvalue weighted by molar-refractivity contribution is 6.06. The van der Waals surface area contributed by atoms with Crippen LogP contribution in [0.5, 0.6) is 0 Å². The number of anilines is 1. The Morgan fingerprint density at radius 3 is 2.79 bits per heavy atom. The molecule has 11 heteroatoms. The summed E-state index contributed by atoms with van der Waals surface area (Å²) in [5, 5.41) is 12.8. The molecule has 1 fully saturated rings. The molecular formula is C27H26F2N6O3. The van der Waals surface area contributed by atoms with Crippen molar-refractivity contribution in [2.45, 2.75) is 44.2 Å². The zero-order valence-electron chi connectivity index (χ0n) is 21.1. The number of nitrogens with zero attached hydrogens (tertiary/aromatic N) is 4. The normalized spacial score (nSPS) is 21.0. The fraction of sp³-hybridized carbons (Fsp3) is 0.370. The largest absolute Gasteiger partial charge is 0.350 e. The fourth-order valence-electron chi connectivity index (χ4n) is 5.52. The summed E-state index contributed by atoms with van der Waals surface area (Å²) in [5.74, 6) is -2.54. The van der Waals surface area contributed by atoms with Crippen LogP contribution in [0.25, 0.3) is 10.9 Å². The van der Waals surface area contributed by atoms with Gasteiger partial charge in [-0.15, -0.1) is 0 Å². The Morgan fingerprint density at radius 1 is 1.32 bits per heavy atom. The number of hydrogen-bond acceptors (Lipinski definition) is 5. The van der Waals surface area contributed by atoms with Crippen LogP contribution in [0.2, 0.25) is 0 Å². The lowest BCUT2D eigenvalue weighted by molar-refractivity contribution is -0.136. The van der Waals surface area contributed by atoms with Crippen LogP contribution in [0, 0.1) is 28.9 Å². The minimum Gasteiger partial charge on any atom is -0.350 e. The second kappa shape index (κ2) is 9.20. The van der Waals surface area contributed by atoms with E-state index in [0.29, 0.717) is 11.4 Å². The summed E-state index contributed by atoms with van der Waals surface area (Å²) < 4.78 is 27.9. The summed E-state index contributed by atoms with van der Waals surface area (Å²) in [6.07, 6.45) is 1.95. The molecule has 2 aromatic heterocycles. The van der Waals surface area contributed by atoms with Crippen LogP contribution in [0.4, 0.5) is 14.6 Å². The smallest absolute Gasteiger partial charge is 0.270 e. The number of benzene rings is 1. The Labute approximate surface area is 217 Å². The number of fused-ring (bicyclic) bond motifs is 3. The monoisotopic (exact) mass is 520 g/mol. The standard InChI is InChI=1S/C27H26F2N6O3/c1-14(2)7-22(34(3)24(36)21-10-17-19(29)8-15(28)9-20(17)32-21)25(37)35-13-27(11-16(35)12-30)18-5-4-6-31-23(18)33-26(27)38/h4-6,8-10,14,16,22,32H,7,11,13H2,1-3H3,(H,31,33,38)/t16-,22-,27-/m0/s1. The van der Waals surface area contributed by atoms with E-state index >= 15 is 0 Å². The van der Waals surface area contributed by atoms with Gasteiger partial charge < -0.3 is 20.1 Å². The van der Waals surface area contributed by atoms with Gasteiger partial charge in [0.2, 0.25) is 11.8 Å². The molecule has 196 valence electrons. The first-order valence-corrected chi connectivity index (χ1v) is 12.3. The summed E-state index contributed by atoms with van der Waals surface area (Å²) in [6.45, 7) is 3.78. The van der Waals surface area contributed by atoms with Crippen LogP contribution in [0.3, 0.4) is 0 Å². The minimum absolute atomic E-state index is 0.00143. The van der Waals surface area contributed by atoms with Crippen molar-refractivity contribution in [2.24, 2.45) is 5.92 Å². The highest BCUT2D eigenvalue weighted by atomic mass is 19.1. The lowest BCUT2D eigenvalue weighted by Crippen LogP contribution is -2.52. The quantitative estimate of drug-likeness (QED) is 0.534. The van der Waals surface area contributed by atoms with Crippen molar-refractivity contribution in [1.29, 1.82) is 5.26 Å². The zero-order valence-corrected chi connectivity index (χ0v) is 21.1. The van der Waals surface area contributed by atoms with E-state index < -0.39 is 40.9 Å². The third kappa shape index (κ3) is 3.97. The topological polar surface area (TPSA) is 122 Å². The van der Waals surface area contributed by atoms with Crippen molar-refractivity contribution >= 4 is 34.4 Å². The number of likely N-dealkylation sites (N-methyl/N-ethyl adjacent to an activating group) is 1. The van der Waals surface area contributed by atoms with Crippen molar-refractivity contribution < 1.29 is 23.2 Å². The predicted molar refractivity (Wildman–Crippen MR) is 134 cm³/mol. The van der Waals surface area contributed by atoms with Gasteiger partial charge in [0.25, 0.3) is 5.91 Å². The molecule has 38 heavy (non-hydrogen) atoms. The van der Waals surface area contributed by atoms with Gasteiger partial charge in [0.05, 0.1) is 17.0 Å². The first kappa shape index (κ1) is 25.3. The number of H-pyrrole nitrogens is 1. The number of nitriles is 1. The van der Waals surface area contributed by atoms with E-state index in [2.05, 4.69) is 21.4 Å². The Kier molecular flexibility index (Phi) is 6.13. The molecular weight excluding hydrogens is 494 g/mol. The van der Waals surface area contributed by atoms with Gasteiger partial charge >= 0.3 is 0 Å². The molecule has 4 heterocycles. The Morgan fingerprint density at radius 2 is 2.08 bits per heavy atom. The molecule has 3 amide bonds. The van der Waals surface area contributed by atoms with E-state index in [4.69, 9.17) is 0 Å². The van der Waals surface area contributed by atoms with Crippen molar-refractivity contribution in [3.63, 3.8) is 0 Å². The van der Waals surface area contributed by atoms with E-state index in [1.54, 1.807) is 18.3 Å². The molecule has 1 saturated heterocycles. The number of likely N-dealkylation sites (tertiary alicyclic amines) is 1. The number of hydrogen-bond donors (Lipinski definition) is 2. The number of nitrogens with one attached hydrogen (secondary N) is 2. The minimum atomic E-state index is -1.11. The lowest BCUT2D eigenvalue weighted by Gasteiger charge is -2.33. The van der Waals surface area contributed by atoms with Gasteiger partial charge in [-0.25, -0.2) is 13.8 Å². The number of rotatable bonds is 5. The van der Waals surface area contributed by atoms with Gasteiger partial charge in [-0.1, -0.05) is 19.9 Å². The molecule has 0 aliphatic carbocycles. The molecule has 2 N–H and O–H groups in total. The summed E-state index contributed by atoms with van der Waals surface area (Å²) >= 11 is 0. The molecule has 9 nitrogen and oxygen atoms in total. The van der Waals surface area contributed by atoms with E-state index in [9.17, 15) is 28.4 Å². The Hall–Kier alpha value is -4.33. The van der Waals surface area contributed by atoms with Crippen molar-refractivity contribution in [1.82, 2.24) is 19.8 Å². The number of amides is 3. The number of pyridine rings is 1. The van der Waals surface area contributed by atoms with Gasteiger partial charge in [-0.05, 0) is 30.5 Å². The van der Waals surface area contributed by atoms with Crippen LogP contribution in [-0.4, -0.2) is 63.2 Å². The van der Waals surface area contributed by atoms with E-state index in [-0.39, 0.29) is 47.8 Å². The van der Waals surface area contributed by atoms with Gasteiger partial charge in [0.1, 0.15) is 35.2 Å². The Balaban J connectivity index is 1.46. The maximum Gasteiger partial charge on any atom is 0.270 e. The fourth-order valence-corrected chi connectivity index (χ4v) is 5.52. The molecule has 1 spiro atoms. The van der Waals surface area contributed by atoms with E-state index in [0.717, 1.165) is 12.1 Å². The van der Waals surface area contributed by atoms with E-state index in [1.165, 1.54) is 22.9 Å². The van der Waals surface area contributed by atoms with Crippen LogP contribution in [-0.2, 0) is 15.0 Å². The number of carbonyl (C=O) groups is 3. The molecule has 3 aromatic rings. The predicted octanol–water partition coefficient (Wildman–Crippen LogP) is 3.34. The van der Waals surface area contributed by atoms with Crippen molar-refractivity contribution in [3.05, 3.63) is 59.4 Å². The third-order valence-electron chi connectivity index (χ3n) is 7.43. The lowest BCUT2D eigenvalue weighted by atomic mass is 9.80. The van der Waals surface area contributed by atoms with Crippen LogP contribution in [0.1, 0.15) is 42.7 Å². The first-order valence-electron chi connectivity index (χ1n) is 12.3. The van der Waals surface area contributed by atoms with E-state index in [1.807, 2.05) is 13.8 Å². The number of carbonyl (C=O) groups excluding carboxylic acids is 3. The van der Waals surface area contributed by atoms with Crippen LogP contribution in [0.15, 0.2) is 36.5 Å². The summed E-state index contributed by atoms with van der Waals surface area (Å²) in [7, 11) is 1.46. The second-order valence-electron chi connectivity index (χ2n) is 10.3. The molecule has 2 aliphatic heterocycles. The molecule has 5 rings (SSSR count). The first-order chi connectivity index (χ1) is 18.1. The number of halogens is 2. The van der Waals surface area contributed by atoms with Gasteiger partial charge in [0, 0.05) is 43.2 Å². The molecule has 0 radical (unpaired) electrons. The summed E-state index contributed by atoms with van der Waals surface area (Å²) in [5.41, 5.74) is -0.351. The molecule has 2 aliphatic rings. The summed E-state index contributed by atoms with van der Waals surface area (Å²) in [4.78, 5) is 50.1. The second-order valence-corrected chi connectivity index (χ2v) is 10.3.